The summed E-state index contributed by atoms with van der Waals surface area (Å²) in [4.78, 5) is 19.9. The Balaban J connectivity index is 2.93. The van der Waals surface area contributed by atoms with Gasteiger partial charge in [0.2, 0.25) is 11.8 Å². The van der Waals surface area contributed by atoms with Gasteiger partial charge in [-0.1, -0.05) is 0 Å². The lowest BCUT2D eigenvalue weighted by Gasteiger charge is -2.18. The Labute approximate surface area is 105 Å². The van der Waals surface area contributed by atoms with E-state index in [9.17, 15) is 10.1 Å². The largest absolute Gasteiger partial charge is 0.360 e. The van der Waals surface area contributed by atoms with Crippen LogP contribution in [0.25, 0.3) is 0 Å². The molecule has 0 radical (unpaired) electrons. The summed E-state index contributed by atoms with van der Waals surface area (Å²) in [6, 6.07) is -0.000718. The van der Waals surface area contributed by atoms with E-state index >= 15 is 0 Å². The topological polar surface area (TPSA) is 122 Å². The van der Waals surface area contributed by atoms with Crippen LogP contribution in [0.4, 0.5) is 17.5 Å². The highest BCUT2D eigenvalue weighted by Gasteiger charge is 2.18. The van der Waals surface area contributed by atoms with Crippen LogP contribution in [-0.4, -0.2) is 46.5 Å². The van der Waals surface area contributed by atoms with Crippen molar-refractivity contribution in [1.29, 1.82) is 0 Å². The summed E-state index contributed by atoms with van der Waals surface area (Å²) < 4.78 is 0. The Hall–Kier alpha value is -2.00. The van der Waals surface area contributed by atoms with Gasteiger partial charge >= 0.3 is 5.69 Å². The summed E-state index contributed by atoms with van der Waals surface area (Å²) in [7, 11) is 3.83. The van der Waals surface area contributed by atoms with Gasteiger partial charge in [0, 0.05) is 12.6 Å². The first-order valence-corrected chi connectivity index (χ1v) is 5.33. The quantitative estimate of drug-likeness (QED) is 0.370. The van der Waals surface area contributed by atoms with E-state index in [-0.39, 0.29) is 23.5 Å². The first kappa shape index (κ1) is 14.1. The van der Waals surface area contributed by atoms with Crippen molar-refractivity contribution in [2.45, 2.75) is 13.0 Å². The number of nitrogens with zero attached hydrogens (tertiary/aromatic N) is 4. The zero-order valence-corrected chi connectivity index (χ0v) is 10.5. The zero-order valence-electron chi connectivity index (χ0n) is 10.5. The second-order valence-corrected chi connectivity index (χ2v) is 4.14. The van der Waals surface area contributed by atoms with Gasteiger partial charge in [-0.05, 0) is 21.0 Å². The SMILES string of the molecule is CC(CN(C)C)Nc1nc(NN)ncc1[N+](=O)[O-]. The fourth-order valence-corrected chi connectivity index (χ4v) is 1.51. The zero-order chi connectivity index (χ0) is 13.7. The van der Waals surface area contributed by atoms with Crippen LogP contribution in [-0.2, 0) is 0 Å². The number of nitrogen functional groups attached to an aromatic ring is 1. The second kappa shape index (κ2) is 6.07. The molecule has 4 N–H and O–H groups in total. The second-order valence-electron chi connectivity index (χ2n) is 4.14. The van der Waals surface area contributed by atoms with E-state index in [1.807, 2.05) is 25.9 Å². The molecule has 0 spiro atoms. The van der Waals surface area contributed by atoms with Crippen LogP contribution in [0.3, 0.4) is 0 Å². The average molecular weight is 255 g/mol. The lowest BCUT2D eigenvalue weighted by atomic mass is 10.3. The van der Waals surface area contributed by atoms with Crippen molar-refractivity contribution >= 4 is 17.5 Å². The number of rotatable bonds is 6. The Bertz CT molecular complexity index is 423. The highest BCUT2D eigenvalue weighted by Crippen LogP contribution is 2.22. The van der Waals surface area contributed by atoms with E-state index in [1.54, 1.807) is 0 Å². The number of hydrazine groups is 1. The number of nitro groups is 1. The predicted molar refractivity (Wildman–Crippen MR) is 68.1 cm³/mol. The smallest absolute Gasteiger partial charge is 0.329 e. The number of nitrogens with one attached hydrogen (secondary N) is 2. The molecule has 18 heavy (non-hydrogen) atoms. The van der Waals surface area contributed by atoms with Gasteiger partial charge in [0.15, 0.2) is 0 Å². The van der Waals surface area contributed by atoms with Crippen LogP contribution in [0.5, 0.6) is 0 Å². The summed E-state index contributed by atoms with van der Waals surface area (Å²) in [5.74, 6) is 5.45. The Morgan fingerprint density at radius 2 is 2.28 bits per heavy atom. The van der Waals surface area contributed by atoms with Crippen LogP contribution < -0.4 is 16.6 Å². The van der Waals surface area contributed by atoms with Gasteiger partial charge in [-0.25, -0.2) is 10.8 Å². The maximum absolute atomic E-state index is 10.8. The Morgan fingerprint density at radius 1 is 1.61 bits per heavy atom. The lowest BCUT2D eigenvalue weighted by Crippen LogP contribution is -2.30. The number of nitrogens with two attached hydrogens (primary N) is 1. The summed E-state index contributed by atoms with van der Waals surface area (Å²) in [5.41, 5.74) is 2.07. The van der Waals surface area contributed by atoms with Crippen LogP contribution >= 0.6 is 0 Å². The van der Waals surface area contributed by atoms with E-state index in [4.69, 9.17) is 5.84 Å². The molecule has 1 aromatic heterocycles. The molecule has 9 nitrogen and oxygen atoms in total. The number of aromatic nitrogens is 2. The molecular formula is C9H17N7O2. The highest BCUT2D eigenvalue weighted by molar-refractivity contribution is 5.57. The maximum atomic E-state index is 10.8. The van der Waals surface area contributed by atoms with Crippen molar-refractivity contribution in [1.82, 2.24) is 14.9 Å². The average Bonchev–Trinajstić information content (AvgIpc) is 2.27. The summed E-state index contributed by atoms with van der Waals surface area (Å²) in [5, 5.41) is 13.8. The van der Waals surface area contributed by atoms with E-state index in [1.165, 1.54) is 0 Å². The molecule has 0 amide bonds. The maximum Gasteiger partial charge on any atom is 0.329 e. The van der Waals surface area contributed by atoms with Crippen LogP contribution in [0.1, 0.15) is 6.92 Å². The molecule has 1 atom stereocenters. The molecule has 9 heteroatoms. The van der Waals surface area contributed by atoms with E-state index in [0.29, 0.717) is 6.54 Å². The molecule has 1 aromatic rings. The lowest BCUT2D eigenvalue weighted by molar-refractivity contribution is -0.384. The van der Waals surface area contributed by atoms with Crippen molar-refractivity contribution in [3.63, 3.8) is 0 Å². The predicted octanol–water partition coefficient (Wildman–Crippen LogP) is 0.0324. The monoisotopic (exact) mass is 255 g/mol. The van der Waals surface area contributed by atoms with Crippen molar-refractivity contribution in [2.24, 2.45) is 5.84 Å². The fraction of sp³-hybridized carbons (Fsp3) is 0.556. The molecule has 1 unspecified atom stereocenters. The first-order valence-electron chi connectivity index (χ1n) is 5.33. The Morgan fingerprint density at radius 3 is 2.78 bits per heavy atom. The van der Waals surface area contributed by atoms with E-state index in [2.05, 4.69) is 20.7 Å². The molecule has 0 saturated heterocycles. The normalized spacial score (nSPS) is 12.3. The number of likely N-dealkylation sites (N-methyl/N-ethyl adjacent to an activating group) is 1. The van der Waals surface area contributed by atoms with Crippen molar-refractivity contribution in [3.8, 4) is 0 Å². The van der Waals surface area contributed by atoms with Gasteiger partial charge in [0.25, 0.3) is 0 Å². The van der Waals surface area contributed by atoms with E-state index < -0.39 is 4.92 Å². The summed E-state index contributed by atoms with van der Waals surface area (Å²) >= 11 is 0. The molecule has 0 aliphatic heterocycles. The number of anilines is 2. The van der Waals surface area contributed by atoms with Gasteiger partial charge in [-0.3, -0.25) is 15.5 Å². The van der Waals surface area contributed by atoms with Crippen LogP contribution in [0.2, 0.25) is 0 Å². The molecule has 0 saturated carbocycles. The molecule has 0 aliphatic carbocycles. The van der Waals surface area contributed by atoms with Crippen molar-refractivity contribution in [2.75, 3.05) is 31.4 Å². The number of hydrogen-bond acceptors (Lipinski definition) is 8. The molecule has 0 aromatic carbocycles. The Kier molecular flexibility index (Phi) is 4.75. The molecule has 100 valence electrons. The third-order valence-electron chi connectivity index (χ3n) is 2.12. The highest BCUT2D eigenvalue weighted by atomic mass is 16.6. The minimum Gasteiger partial charge on any atom is -0.360 e. The van der Waals surface area contributed by atoms with Crippen LogP contribution in [0, 0.1) is 10.1 Å². The fourth-order valence-electron chi connectivity index (χ4n) is 1.51. The summed E-state index contributed by atoms with van der Waals surface area (Å²) in [6.07, 6.45) is 1.12. The molecule has 0 fully saturated rings. The van der Waals surface area contributed by atoms with Gasteiger partial charge < -0.3 is 10.2 Å². The standard InChI is InChI=1S/C9H17N7O2/c1-6(5-15(2)3)12-8-7(16(17)18)4-11-9(13-8)14-10/h4,6H,5,10H2,1-3H3,(H2,11,12,13,14). The minimum absolute atomic E-state index is 0.000718. The van der Waals surface area contributed by atoms with Gasteiger partial charge in [-0.2, -0.15) is 4.98 Å². The molecular weight excluding hydrogens is 238 g/mol. The molecule has 1 heterocycles. The summed E-state index contributed by atoms with van der Waals surface area (Å²) in [6.45, 7) is 2.62. The third kappa shape index (κ3) is 3.79. The first-order chi connectivity index (χ1) is 8.43. The van der Waals surface area contributed by atoms with Gasteiger partial charge in [0.1, 0.15) is 6.20 Å². The van der Waals surface area contributed by atoms with Crippen molar-refractivity contribution < 1.29 is 4.92 Å². The molecule has 0 bridgehead atoms. The van der Waals surface area contributed by atoms with E-state index in [0.717, 1.165) is 6.20 Å². The van der Waals surface area contributed by atoms with Gasteiger partial charge in [-0.15, -0.1) is 0 Å². The van der Waals surface area contributed by atoms with Crippen LogP contribution in [0.15, 0.2) is 6.20 Å². The number of hydrogen-bond donors (Lipinski definition) is 3. The molecule has 0 aliphatic rings. The third-order valence-corrected chi connectivity index (χ3v) is 2.12. The minimum atomic E-state index is -0.537. The van der Waals surface area contributed by atoms with Gasteiger partial charge in [0.05, 0.1) is 4.92 Å². The molecule has 1 rings (SSSR count). The van der Waals surface area contributed by atoms with Crippen molar-refractivity contribution in [3.05, 3.63) is 16.3 Å².